The normalized spacial score (nSPS) is 12.1. The van der Waals surface area contributed by atoms with E-state index in [-0.39, 0.29) is 43.9 Å². The van der Waals surface area contributed by atoms with E-state index in [0.717, 1.165) is 66.5 Å². The fourth-order valence-electron chi connectivity index (χ4n) is 6.46. The lowest BCUT2D eigenvalue weighted by Gasteiger charge is -2.26. The zero-order chi connectivity index (χ0) is 54.6. The first-order valence-corrected chi connectivity index (χ1v) is 26.2. The topological polar surface area (TPSA) is 217 Å². The maximum absolute atomic E-state index is 13.7. The number of ether oxygens (including phenoxy) is 2. The number of carbonyl (C=O) groups is 2. The molecule has 0 aliphatic carbocycles. The van der Waals surface area contributed by atoms with E-state index in [0.29, 0.717) is 20.7 Å². The van der Waals surface area contributed by atoms with Crippen molar-refractivity contribution in [2.45, 2.75) is 22.1 Å². The van der Waals surface area contributed by atoms with Crippen LogP contribution in [0, 0.1) is 0 Å². The highest BCUT2D eigenvalue weighted by molar-refractivity contribution is 7.93. The molecule has 0 atom stereocenters. The van der Waals surface area contributed by atoms with Gasteiger partial charge >= 0.3 is 12.4 Å². The van der Waals surface area contributed by atoms with Gasteiger partial charge in [-0.15, -0.1) is 0 Å². The standard InChI is InChI=1S/C23H20Cl2F3N3O6S2.C21H16Cl2F3N3O4S/c1-30(38(3,33)34)19-7-5-4-6-16(19)22(32)21-20(10-14(24)12-29-21)31(13-37-2)39(35,36)15-8-9-18(25)17(11-15)23(26,27)28;1-33-11-29(34(31,32)13-6-7-16(23)15(9-13)21(24,25)26)18-8-12(22)10-28-19(18)20(30)14-4-2-3-5-17(14)27/h4-12H,13H2,1-3H3;2-10H,11,27H2,1H3. The number of nitrogens with zero attached hydrogens (tertiary/aromatic N) is 5. The summed E-state index contributed by atoms with van der Waals surface area (Å²) in [5.41, 5.74) is 1.54. The number of hydrogen-bond donors (Lipinski definition) is 1. The Morgan fingerprint density at radius 3 is 1.36 bits per heavy atom. The molecule has 0 radical (unpaired) electrons. The molecule has 2 heterocycles. The van der Waals surface area contributed by atoms with Gasteiger partial charge in [-0.1, -0.05) is 70.7 Å². The summed E-state index contributed by atoms with van der Waals surface area (Å²) >= 11 is 23.3. The summed E-state index contributed by atoms with van der Waals surface area (Å²) in [5, 5.41) is -1.53. The number of carbonyl (C=O) groups excluding carboxylic acids is 2. The number of rotatable bonds is 16. The number of benzene rings is 4. The summed E-state index contributed by atoms with van der Waals surface area (Å²) in [6.07, 6.45) is -6.75. The van der Waals surface area contributed by atoms with Gasteiger partial charge in [0.1, 0.15) is 24.8 Å². The maximum Gasteiger partial charge on any atom is 0.417 e. The van der Waals surface area contributed by atoms with E-state index in [9.17, 15) is 61.2 Å². The highest BCUT2D eigenvalue weighted by Crippen LogP contribution is 2.40. The Hall–Kier alpha value is -5.77. The lowest BCUT2D eigenvalue weighted by molar-refractivity contribution is -0.138. The predicted molar refractivity (Wildman–Crippen MR) is 262 cm³/mol. The number of hydrogen-bond acceptors (Lipinski definition) is 13. The molecule has 16 nitrogen and oxygen atoms in total. The van der Waals surface area contributed by atoms with E-state index in [1.165, 1.54) is 50.6 Å². The van der Waals surface area contributed by atoms with Gasteiger partial charge in [-0.3, -0.25) is 13.9 Å². The lowest BCUT2D eigenvalue weighted by atomic mass is 10.0. The second-order valence-electron chi connectivity index (χ2n) is 14.9. The van der Waals surface area contributed by atoms with Gasteiger partial charge in [0.25, 0.3) is 20.0 Å². The number of alkyl halides is 6. The minimum atomic E-state index is -4.96. The van der Waals surface area contributed by atoms with Crippen molar-refractivity contribution in [1.29, 1.82) is 0 Å². The number of halogens is 10. The molecule has 0 aliphatic heterocycles. The fraction of sp³-hybridized carbons (Fsp3) is 0.182. The number of aromatic nitrogens is 2. The molecule has 73 heavy (non-hydrogen) atoms. The van der Waals surface area contributed by atoms with Crippen LogP contribution in [0.15, 0.2) is 119 Å². The molecule has 0 bridgehead atoms. The molecule has 2 N–H and O–H groups in total. The molecule has 4 aromatic carbocycles. The molecular weight excluding hydrogens is 1120 g/mol. The van der Waals surface area contributed by atoms with E-state index in [4.69, 9.17) is 61.6 Å². The van der Waals surface area contributed by atoms with Gasteiger partial charge < -0.3 is 15.2 Å². The number of ketones is 2. The first-order valence-electron chi connectivity index (χ1n) is 19.9. The Kier molecular flexibility index (Phi) is 18.1. The molecule has 0 saturated carbocycles. The highest BCUT2D eigenvalue weighted by Gasteiger charge is 2.39. The maximum atomic E-state index is 13.7. The van der Waals surface area contributed by atoms with Crippen LogP contribution < -0.4 is 18.6 Å². The van der Waals surface area contributed by atoms with Gasteiger partial charge in [0, 0.05) is 50.5 Å². The highest BCUT2D eigenvalue weighted by atomic mass is 35.5. The summed E-state index contributed by atoms with van der Waals surface area (Å²) in [5.74, 6) is -1.62. The Balaban J connectivity index is 0.000000273. The van der Waals surface area contributed by atoms with Gasteiger partial charge in [0.15, 0.2) is 0 Å². The minimum absolute atomic E-state index is 0.0265. The molecule has 6 aromatic rings. The number of para-hydroxylation sites is 2. The average molecular weight is 1160 g/mol. The van der Waals surface area contributed by atoms with Crippen LogP contribution in [0.25, 0.3) is 0 Å². The third-order valence-electron chi connectivity index (χ3n) is 9.98. The number of nitrogens with two attached hydrogens (primary N) is 1. The molecule has 2 aromatic heterocycles. The molecule has 29 heteroatoms. The van der Waals surface area contributed by atoms with Crippen LogP contribution in [-0.2, 0) is 51.9 Å². The number of sulfonamides is 3. The van der Waals surface area contributed by atoms with Crippen molar-refractivity contribution in [2.24, 2.45) is 0 Å². The van der Waals surface area contributed by atoms with E-state index < -0.39 is 110 Å². The summed E-state index contributed by atoms with van der Waals surface area (Å²) < 4.78 is 171. The van der Waals surface area contributed by atoms with Crippen LogP contribution in [-0.4, -0.2) is 87.8 Å². The molecule has 0 amide bonds. The monoisotopic (exact) mass is 1160 g/mol. The van der Waals surface area contributed by atoms with Gasteiger partial charge in [0.05, 0.1) is 64.3 Å². The first kappa shape index (κ1) is 58.1. The third-order valence-corrected chi connectivity index (χ3v) is 15.7. The second kappa shape index (κ2) is 22.8. The number of pyridine rings is 2. The van der Waals surface area contributed by atoms with Crippen molar-refractivity contribution >= 4 is 111 Å². The van der Waals surface area contributed by atoms with E-state index >= 15 is 0 Å². The fourth-order valence-corrected chi connectivity index (χ4v) is 10.5. The smallest absolute Gasteiger partial charge is 0.398 e. The molecular formula is C44H36Cl4F6N6O10S3. The van der Waals surface area contributed by atoms with Crippen molar-refractivity contribution in [2.75, 3.05) is 59.6 Å². The zero-order valence-corrected chi connectivity index (χ0v) is 43.2. The Labute approximate surface area is 433 Å². The SMILES string of the molecule is COCN(c1cc(Cl)cnc1C(=O)c1ccccc1N(C)S(C)(=O)=O)S(=O)(=O)c1ccc(Cl)c(C(F)(F)F)c1.COCN(c1cc(Cl)cnc1C(=O)c1ccccc1N)S(=O)(=O)c1ccc(Cl)c(C(F)(F)F)c1. The Bertz CT molecular complexity index is 3430. The van der Waals surface area contributed by atoms with Crippen molar-refractivity contribution in [3.63, 3.8) is 0 Å². The molecule has 0 spiro atoms. The summed E-state index contributed by atoms with van der Waals surface area (Å²) in [6.45, 7) is -1.42. The lowest BCUT2D eigenvalue weighted by Crippen LogP contribution is -2.35. The molecule has 6 rings (SSSR count). The largest absolute Gasteiger partial charge is 0.417 e. The van der Waals surface area contributed by atoms with Gasteiger partial charge in [-0.2, -0.15) is 26.3 Å². The Morgan fingerprint density at radius 1 is 0.589 bits per heavy atom. The van der Waals surface area contributed by atoms with Gasteiger partial charge in [0.2, 0.25) is 21.6 Å². The quantitative estimate of drug-likeness (QED) is 0.0414. The van der Waals surface area contributed by atoms with Crippen LogP contribution in [0.4, 0.5) is 49.1 Å². The van der Waals surface area contributed by atoms with Crippen molar-refractivity contribution in [3.8, 4) is 0 Å². The summed E-state index contributed by atoms with van der Waals surface area (Å²) in [7, 11) is -9.83. The van der Waals surface area contributed by atoms with Crippen molar-refractivity contribution < 1.29 is 70.7 Å². The summed E-state index contributed by atoms with van der Waals surface area (Å²) in [6, 6.07) is 18.0. The van der Waals surface area contributed by atoms with E-state index in [2.05, 4.69) is 9.97 Å². The number of anilines is 4. The van der Waals surface area contributed by atoms with Crippen LogP contribution in [0.3, 0.4) is 0 Å². The number of methoxy groups -OCH3 is 2. The molecule has 0 aliphatic rings. The number of nitrogen functional groups attached to an aromatic ring is 1. The minimum Gasteiger partial charge on any atom is -0.398 e. The van der Waals surface area contributed by atoms with E-state index in [1.807, 2.05) is 0 Å². The van der Waals surface area contributed by atoms with Crippen LogP contribution >= 0.6 is 46.4 Å². The van der Waals surface area contributed by atoms with Crippen LogP contribution in [0.5, 0.6) is 0 Å². The third kappa shape index (κ3) is 13.1. The van der Waals surface area contributed by atoms with E-state index in [1.54, 1.807) is 12.1 Å². The molecule has 0 saturated heterocycles. The average Bonchev–Trinajstić information content (AvgIpc) is 3.31. The van der Waals surface area contributed by atoms with Gasteiger partial charge in [-0.25, -0.2) is 43.8 Å². The Morgan fingerprint density at radius 2 is 0.973 bits per heavy atom. The second-order valence-corrected chi connectivity index (χ2v) is 22.3. The molecule has 0 fully saturated rings. The summed E-state index contributed by atoms with van der Waals surface area (Å²) in [4.78, 5) is 33.3. The molecule has 0 unspecified atom stereocenters. The van der Waals surface area contributed by atoms with Gasteiger partial charge in [-0.05, 0) is 72.8 Å². The van der Waals surface area contributed by atoms with Crippen molar-refractivity contribution in [1.82, 2.24) is 9.97 Å². The van der Waals surface area contributed by atoms with Crippen molar-refractivity contribution in [3.05, 3.63) is 163 Å². The van der Waals surface area contributed by atoms with Crippen LogP contribution in [0.1, 0.15) is 43.2 Å². The predicted octanol–water partition coefficient (Wildman–Crippen LogP) is 9.85. The molecule has 390 valence electrons. The first-order chi connectivity index (χ1) is 33.9. The zero-order valence-electron chi connectivity index (χ0n) is 37.7. The van der Waals surface area contributed by atoms with Crippen LogP contribution in [0.2, 0.25) is 20.1 Å².